The van der Waals surface area contributed by atoms with E-state index in [4.69, 9.17) is 11.6 Å². The van der Waals surface area contributed by atoms with E-state index in [1.54, 1.807) is 12.1 Å². The average molecular weight is 287 g/mol. The smallest absolute Gasteiger partial charge is 0.238 e. The van der Waals surface area contributed by atoms with Gasteiger partial charge in [0.15, 0.2) is 0 Å². The van der Waals surface area contributed by atoms with Crippen molar-refractivity contribution in [3.8, 4) is 0 Å². The number of nitrogens with zero attached hydrogens (tertiary/aromatic N) is 1. The van der Waals surface area contributed by atoms with Gasteiger partial charge in [0.1, 0.15) is 0 Å². The maximum absolute atomic E-state index is 12.0. The molecular weight excluding hydrogens is 272 g/mol. The number of amides is 1. The first-order valence-electron chi connectivity index (χ1n) is 6.55. The zero-order chi connectivity index (χ0) is 13.9. The Morgan fingerprint density at radius 2 is 1.80 bits per heavy atom. The average Bonchev–Trinajstić information content (AvgIpc) is 2.80. The Kier molecular flexibility index (Phi) is 3.72. The minimum Gasteiger partial charge on any atom is -0.325 e. The minimum absolute atomic E-state index is 0.0138. The molecule has 3 rings (SSSR count). The van der Waals surface area contributed by atoms with Gasteiger partial charge in [0.2, 0.25) is 5.91 Å². The van der Waals surface area contributed by atoms with Gasteiger partial charge in [-0.25, -0.2) is 0 Å². The van der Waals surface area contributed by atoms with Crippen molar-refractivity contribution in [2.45, 2.75) is 13.1 Å². The lowest BCUT2D eigenvalue weighted by molar-refractivity contribution is -0.117. The fraction of sp³-hybridized carbons (Fsp3) is 0.188. The van der Waals surface area contributed by atoms with Crippen LogP contribution < -0.4 is 5.32 Å². The Bertz CT molecular complexity index is 617. The van der Waals surface area contributed by atoms with E-state index in [0.29, 0.717) is 11.6 Å². The summed E-state index contributed by atoms with van der Waals surface area (Å²) in [6, 6.07) is 15.5. The third kappa shape index (κ3) is 3.00. The zero-order valence-electron chi connectivity index (χ0n) is 11.0. The van der Waals surface area contributed by atoms with Crippen LogP contribution in [-0.2, 0) is 17.9 Å². The van der Waals surface area contributed by atoms with Crippen molar-refractivity contribution < 1.29 is 4.79 Å². The third-order valence-electron chi connectivity index (χ3n) is 3.38. The van der Waals surface area contributed by atoms with Gasteiger partial charge in [-0.2, -0.15) is 0 Å². The maximum atomic E-state index is 12.0. The SMILES string of the molecule is O=C(CN1Cc2ccccc2C1)Nc1cccc(Cl)c1. The summed E-state index contributed by atoms with van der Waals surface area (Å²) in [6.45, 7) is 2.06. The third-order valence-corrected chi connectivity index (χ3v) is 3.62. The molecular formula is C16H15ClN2O. The highest BCUT2D eigenvalue weighted by atomic mass is 35.5. The molecule has 20 heavy (non-hydrogen) atoms. The molecule has 1 N–H and O–H groups in total. The first-order valence-corrected chi connectivity index (χ1v) is 6.93. The van der Waals surface area contributed by atoms with Crippen LogP contribution >= 0.6 is 11.6 Å². The van der Waals surface area contributed by atoms with Crippen LogP contribution in [0.1, 0.15) is 11.1 Å². The van der Waals surface area contributed by atoms with Gasteiger partial charge < -0.3 is 5.32 Å². The van der Waals surface area contributed by atoms with Crippen LogP contribution in [0.5, 0.6) is 0 Å². The Morgan fingerprint density at radius 1 is 1.10 bits per heavy atom. The van der Waals surface area contributed by atoms with Crippen LogP contribution in [0, 0.1) is 0 Å². The normalized spacial score (nSPS) is 14.1. The number of fused-ring (bicyclic) bond motifs is 1. The van der Waals surface area contributed by atoms with E-state index in [1.807, 2.05) is 24.3 Å². The lowest BCUT2D eigenvalue weighted by atomic mass is 10.1. The summed E-state index contributed by atoms with van der Waals surface area (Å²) in [5.41, 5.74) is 3.35. The number of anilines is 1. The fourth-order valence-electron chi connectivity index (χ4n) is 2.49. The number of nitrogens with one attached hydrogen (secondary N) is 1. The van der Waals surface area contributed by atoms with E-state index >= 15 is 0 Å². The highest BCUT2D eigenvalue weighted by Gasteiger charge is 2.20. The topological polar surface area (TPSA) is 32.3 Å². The molecule has 0 aromatic heterocycles. The minimum atomic E-state index is -0.0138. The molecule has 0 saturated carbocycles. The molecule has 0 spiro atoms. The number of carbonyl (C=O) groups excluding carboxylic acids is 1. The summed E-state index contributed by atoms with van der Waals surface area (Å²) in [5, 5.41) is 3.49. The summed E-state index contributed by atoms with van der Waals surface area (Å²) in [7, 11) is 0. The van der Waals surface area contributed by atoms with E-state index in [2.05, 4.69) is 22.3 Å². The van der Waals surface area contributed by atoms with E-state index in [-0.39, 0.29) is 5.91 Å². The van der Waals surface area contributed by atoms with Crippen LogP contribution in [0.25, 0.3) is 0 Å². The molecule has 1 amide bonds. The van der Waals surface area contributed by atoms with E-state index in [1.165, 1.54) is 11.1 Å². The molecule has 4 heteroatoms. The van der Waals surface area contributed by atoms with Crippen LogP contribution in [0.3, 0.4) is 0 Å². The van der Waals surface area contributed by atoms with E-state index in [0.717, 1.165) is 18.8 Å². The molecule has 0 fully saturated rings. The van der Waals surface area contributed by atoms with Crippen molar-refractivity contribution in [1.29, 1.82) is 0 Å². The van der Waals surface area contributed by atoms with E-state index < -0.39 is 0 Å². The predicted octanol–water partition coefficient (Wildman–Crippen LogP) is 3.29. The van der Waals surface area contributed by atoms with Crippen LogP contribution in [-0.4, -0.2) is 17.4 Å². The number of carbonyl (C=O) groups is 1. The molecule has 0 radical (unpaired) electrons. The van der Waals surface area contributed by atoms with Gasteiger partial charge in [0.05, 0.1) is 6.54 Å². The summed E-state index contributed by atoms with van der Waals surface area (Å²) in [4.78, 5) is 14.2. The Hall–Kier alpha value is -1.84. The molecule has 2 aromatic rings. The first kappa shape index (κ1) is 13.2. The van der Waals surface area contributed by atoms with Crippen LogP contribution in [0.2, 0.25) is 5.02 Å². The number of rotatable bonds is 3. The first-order chi connectivity index (χ1) is 9.70. The summed E-state index contributed by atoms with van der Waals surface area (Å²) < 4.78 is 0. The molecule has 0 saturated heterocycles. The van der Waals surface area contributed by atoms with Crippen LogP contribution in [0.15, 0.2) is 48.5 Å². The van der Waals surface area contributed by atoms with Gasteiger partial charge >= 0.3 is 0 Å². The van der Waals surface area contributed by atoms with Crippen molar-refractivity contribution in [3.05, 3.63) is 64.7 Å². The molecule has 1 aliphatic rings. The van der Waals surface area contributed by atoms with Crippen molar-refractivity contribution in [3.63, 3.8) is 0 Å². The number of halogens is 1. The van der Waals surface area contributed by atoms with Crippen molar-refractivity contribution in [1.82, 2.24) is 4.90 Å². The van der Waals surface area contributed by atoms with Crippen molar-refractivity contribution in [2.24, 2.45) is 0 Å². The quantitative estimate of drug-likeness (QED) is 0.939. The van der Waals surface area contributed by atoms with Crippen LogP contribution in [0.4, 0.5) is 5.69 Å². The number of benzene rings is 2. The standard InChI is InChI=1S/C16H15ClN2O/c17-14-6-3-7-15(8-14)18-16(20)11-19-9-12-4-1-2-5-13(12)10-19/h1-8H,9-11H2,(H,18,20). The van der Waals surface area contributed by atoms with Crippen molar-refractivity contribution >= 4 is 23.2 Å². The lowest BCUT2D eigenvalue weighted by Gasteiger charge is -2.14. The monoisotopic (exact) mass is 286 g/mol. The highest BCUT2D eigenvalue weighted by molar-refractivity contribution is 6.30. The van der Waals surface area contributed by atoms with Gasteiger partial charge in [0, 0.05) is 23.8 Å². The molecule has 1 aliphatic heterocycles. The molecule has 0 atom stereocenters. The lowest BCUT2D eigenvalue weighted by Crippen LogP contribution is -2.29. The summed E-state index contributed by atoms with van der Waals surface area (Å²) in [5.74, 6) is -0.0138. The Morgan fingerprint density at radius 3 is 2.45 bits per heavy atom. The summed E-state index contributed by atoms with van der Waals surface area (Å²) in [6.07, 6.45) is 0. The molecule has 0 bridgehead atoms. The second-order valence-corrected chi connectivity index (χ2v) is 5.41. The second kappa shape index (κ2) is 5.65. The predicted molar refractivity (Wildman–Crippen MR) is 80.6 cm³/mol. The van der Waals surface area contributed by atoms with Gasteiger partial charge in [-0.05, 0) is 29.3 Å². The molecule has 2 aromatic carbocycles. The fourth-order valence-corrected chi connectivity index (χ4v) is 2.68. The zero-order valence-corrected chi connectivity index (χ0v) is 11.7. The van der Waals surface area contributed by atoms with Gasteiger partial charge in [-0.3, -0.25) is 9.69 Å². The molecule has 102 valence electrons. The summed E-state index contributed by atoms with van der Waals surface area (Å²) >= 11 is 5.90. The second-order valence-electron chi connectivity index (χ2n) is 4.97. The molecule has 1 heterocycles. The largest absolute Gasteiger partial charge is 0.325 e. The number of hydrogen-bond donors (Lipinski definition) is 1. The molecule has 0 aliphatic carbocycles. The Labute approximate surface area is 123 Å². The van der Waals surface area contributed by atoms with Crippen molar-refractivity contribution in [2.75, 3.05) is 11.9 Å². The maximum Gasteiger partial charge on any atom is 0.238 e. The van der Waals surface area contributed by atoms with Gasteiger partial charge in [-0.15, -0.1) is 0 Å². The highest BCUT2D eigenvalue weighted by Crippen LogP contribution is 2.22. The van der Waals surface area contributed by atoms with E-state index in [9.17, 15) is 4.79 Å². The Balaban J connectivity index is 1.58. The number of hydrogen-bond acceptors (Lipinski definition) is 2. The molecule has 0 unspecified atom stereocenters. The van der Waals surface area contributed by atoms with Gasteiger partial charge in [0.25, 0.3) is 0 Å². The van der Waals surface area contributed by atoms with Gasteiger partial charge in [-0.1, -0.05) is 41.9 Å². The molecule has 3 nitrogen and oxygen atoms in total.